The molecule has 0 aliphatic carbocycles. The van der Waals surface area contributed by atoms with E-state index in [9.17, 15) is 14.4 Å². The van der Waals surface area contributed by atoms with Crippen LogP contribution in [0.2, 0.25) is 0 Å². The monoisotopic (exact) mass is 991 g/mol. The lowest BCUT2D eigenvalue weighted by Gasteiger charge is -2.18. The summed E-state index contributed by atoms with van der Waals surface area (Å²) in [6.45, 7) is 6.59. The Hall–Kier alpha value is -3.15. The SMILES string of the molecule is CCCCC\C=C/C=C\C=C/C=C\CCCCCCCC(=O)OCC(COC(=O)CCCCCCCCC/C=C\C/C=C\CCCCC)OC(=O)CCCCCCCCCCCCCCCCCCCC. The van der Waals surface area contributed by atoms with E-state index >= 15 is 0 Å². The molecule has 0 aromatic rings. The predicted molar refractivity (Wildman–Crippen MR) is 307 cm³/mol. The summed E-state index contributed by atoms with van der Waals surface area (Å²) in [5.41, 5.74) is 0. The summed E-state index contributed by atoms with van der Waals surface area (Å²) in [5.74, 6) is -0.901. The van der Waals surface area contributed by atoms with Crippen molar-refractivity contribution in [2.24, 2.45) is 0 Å². The second-order valence-electron chi connectivity index (χ2n) is 20.4. The number of carbonyl (C=O) groups is 3. The molecule has 0 aromatic carbocycles. The fourth-order valence-electron chi connectivity index (χ4n) is 8.66. The van der Waals surface area contributed by atoms with Crippen molar-refractivity contribution in [2.75, 3.05) is 13.2 Å². The molecule has 0 saturated heterocycles. The minimum Gasteiger partial charge on any atom is -0.462 e. The van der Waals surface area contributed by atoms with Gasteiger partial charge in [0.15, 0.2) is 6.10 Å². The van der Waals surface area contributed by atoms with Crippen molar-refractivity contribution in [1.29, 1.82) is 0 Å². The maximum Gasteiger partial charge on any atom is 0.306 e. The number of unbranched alkanes of at least 4 members (excludes halogenated alkanes) is 35. The van der Waals surface area contributed by atoms with Gasteiger partial charge in [0.05, 0.1) is 0 Å². The normalized spacial score (nSPS) is 12.5. The highest BCUT2D eigenvalue weighted by Crippen LogP contribution is 2.16. The number of esters is 3. The molecule has 0 rings (SSSR count). The maximum atomic E-state index is 12.9. The van der Waals surface area contributed by atoms with E-state index in [1.807, 2.05) is 0 Å². The second-order valence-corrected chi connectivity index (χ2v) is 20.4. The van der Waals surface area contributed by atoms with Crippen LogP contribution < -0.4 is 0 Å². The van der Waals surface area contributed by atoms with E-state index in [0.717, 1.165) is 96.3 Å². The molecular formula is C65H114O6. The summed E-state index contributed by atoms with van der Waals surface area (Å²) in [4.78, 5) is 38.3. The first kappa shape index (κ1) is 67.8. The highest BCUT2D eigenvalue weighted by molar-refractivity contribution is 5.71. The topological polar surface area (TPSA) is 78.9 Å². The lowest BCUT2D eigenvalue weighted by molar-refractivity contribution is -0.167. The molecular weight excluding hydrogens is 877 g/mol. The Bertz CT molecular complexity index is 1320. The molecule has 0 amide bonds. The van der Waals surface area contributed by atoms with E-state index in [-0.39, 0.29) is 31.1 Å². The summed E-state index contributed by atoms with van der Waals surface area (Å²) in [6, 6.07) is 0. The molecule has 0 heterocycles. The van der Waals surface area contributed by atoms with E-state index in [1.54, 1.807) is 0 Å². The van der Waals surface area contributed by atoms with Crippen LogP contribution in [0.15, 0.2) is 72.9 Å². The average molecular weight is 992 g/mol. The van der Waals surface area contributed by atoms with Crippen molar-refractivity contribution >= 4 is 17.9 Å². The molecule has 0 fully saturated rings. The van der Waals surface area contributed by atoms with Crippen LogP contribution in [0.3, 0.4) is 0 Å². The Morgan fingerprint density at radius 2 is 0.563 bits per heavy atom. The highest BCUT2D eigenvalue weighted by Gasteiger charge is 2.19. The molecule has 0 aliphatic heterocycles. The van der Waals surface area contributed by atoms with Crippen molar-refractivity contribution in [3.8, 4) is 0 Å². The molecule has 0 aromatic heterocycles. The molecule has 0 bridgehead atoms. The number of carbonyl (C=O) groups excluding carboxylic acids is 3. The van der Waals surface area contributed by atoms with Gasteiger partial charge in [0.2, 0.25) is 0 Å². The first-order valence-corrected chi connectivity index (χ1v) is 30.5. The number of rotatable bonds is 55. The molecule has 71 heavy (non-hydrogen) atoms. The smallest absolute Gasteiger partial charge is 0.306 e. The Kier molecular flexibility index (Phi) is 56.8. The minimum absolute atomic E-state index is 0.0852. The molecule has 1 unspecified atom stereocenters. The third kappa shape index (κ3) is 57.6. The molecule has 0 N–H and O–H groups in total. The number of ether oxygens (including phenoxy) is 3. The van der Waals surface area contributed by atoms with Crippen molar-refractivity contribution < 1.29 is 28.6 Å². The zero-order chi connectivity index (χ0) is 51.4. The van der Waals surface area contributed by atoms with Crippen LogP contribution >= 0.6 is 0 Å². The molecule has 0 radical (unpaired) electrons. The minimum atomic E-state index is -0.788. The number of allylic oxidation sites excluding steroid dienone is 12. The van der Waals surface area contributed by atoms with E-state index in [1.165, 1.54) is 167 Å². The lowest BCUT2D eigenvalue weighted by Crippen LogP contribution is -2.30. The van der Waals surface area contributed by atoms with Gasteiger partial charge in [-0.05, 0) is 77.0 Å². The molecule has 1 atom stereocenters. The van der Waals surface area contributed by atoms with Crippen LogP contribution in [0.5, 0.6) is 0 Å². The first-order valence-electron chi connectivity index (χ1n) is 30.5. The largest absolute Gasteiger partial charge is 0.462 e. The first-order chi connectivity index (χ1) is 35.0. The molecule has 410 valence electrons. The fourth-order valence-corrected chi connectivity index (χ4v) is 8.66. The summed E-state index contributed by atoms with van der Waals surface area (Å²) in [5, 5.41) is 0. The van der Waals surface area contributed by atoms with Crippen LogP contribution in [-0.4, -0.2) is 37.2 Å². The quantitative estimate of drug-likeness (QED) is 0.0199. The van der Waals surface area contributed by atoms with Gasteiger partial charge in [0, 0.05) is 19.3 Å². The standard InChI is InChI=1S/C65H114O6/c1-4-7-10-13-16-19-22-25-28-31-34-37-40-43-46-49-52-55-58-64(67)70-61-62(60-69-63(66)57-54-51-48-45-42-39-36-33-30-27-24-21-18-15-12-9-6-3)71-65(68)59-56-53-50-47-44-41-38-35-32-29-26-23-20-17-14-11-8-5-2/h16,18-19,21-22,25,27-28,30-31,34,37,62H,4-15,17,20,23-24,26,29,32-33,35-36,38-61H2,1-3H3/b19-16-,21-18-,25-22-,30-27-,31-28-,37-34-. The summed E-state index contributed by atoms with van der Waals surface area (Å²) >= 11 is 0. The van der Waals surface area contributed by atoms with E-state index < -0.39 is 6.10 Å². The molecule has 0 saturated carbocycles. The summed E-state index contributed by atoms with van der Waals surface area (Å²) in [6.07, 6.45) is 76.0. The Balaban J connectivity index is 4.42. The van der Waals surface area contributed by atoms with Gasteiger partial charge in [-0.1, -0.05) is 280 Å². The van der Waals surface area contributed by atoms with Gasteiger partial charge in [-0.25, -0.2) is 0 Å². The van der Waals surface area contributed by atoms with Crippen LogP contribution in [0.4, 0.5) is 0 Å². The van der Waals surface area contributed by atoms with E-state index in [4.69, 9.17) is 14.2 Å². The molecule has 0 aliphatic rings. The van der Waals surface area contributed by atoms with Crippen molar-refractivity contribution in [1.82, 2.24) is 0 Å². The number of hydrogen-bond donors (Lipinski definition) is 0. The number of hydrogen-bond acceptors (Lipinski definition) is 6. The zero-order valence-corrected chi connectivity index (χ0v) is 47.0. The Morgan fingerprint density at radius 1 is 0.296 bits per heavy atom. The summed E-state index contributed by atoms with van der Waals surface area (Å²) in [7, 11) is 0. The van der Waals surface area contributed by atoms with Gasteiger partial charge < -0.3 is 14.2 Å². The van der Waals surface area contributed by atoms with Crippen LogP contribution in [0.1, 0.15) is 303 Å². The Labute approximate surface area is 440 Å². The van der Waals surface area contributed by atoms with Gasteiger partial charge >= 0.3 is 17.9 Å². The summed E-state index contributed by atoms with van der Waals surface area (Å²) < 4.78 is 16.9. The van der Waals surface area contributed by atoms with E-state index in [2.05, 4.69) is 93.7 Å². The van der Waals surface area contributed by atoms with Crippen LogP contribution in [0, 0.1) is 0 Å². The molecule has 6 nitrogen and oxygen atoms in total. The van der Waals surface area contributed by atoms with Crippen LogP contribution in [-0.2, 0) is 28.6 Å². The molecule has 0 spiro atoms. The predicted octanol–water partition coefficient (Wildman–Crippen LogP) is 20.5. The van der Waals surface area contributed by atoms with Gasteiger partial charge in [-0.15, -0.1) is 0 Å². The zero-order valence-electron chi connectivity index (χ0n) is 47.0. The molecule has 6 heteroatoms. The van der Waals surface area contributed by atoms with Gasteiger partial charge in [-0.3, -0.25) is 14.4 Å². The third-order valence-corrected chi connectivity index (χ3v) is 13.3. The van der Waals surface area contributed by atoms with Gasteiger partial charge in [-0.2, -0.15) is 0 Å². The maximum absolute atomic E-state index is 12.9. The fraction of sp³-hybridized carbons (Fsp3) is 0.769. The lowest BCUT2D eigenvalue weighted by atomic mass is 10.0. The second kappa shape index (κ2) is 59.4. The van der Waals surface area contributed by atoms with Crippen molar-refractivity contribution in [3.05, 3.63) is 72.9 Å². The Morgan fingerprint density at radius 3 is 0.930 bits per heavy atom. The van der Waals surface area contributed by atoms with E-state index in [0.29, 0.717) is 19.3 Å². The average Bonchev–Trinajstić information content (AvgIpc) is 3.37. The van der Waals surface area contributed by atoms with Gasteiger partial charge in [0.1, 0.15) is 13.2 Å². The highest BCUT2D eigenvalue weighted by atomic mass is 16.6. The van der Waals surface area contributed by atoms with Crippen molar-refractivity contribution in [2.45, 2.75) is 309 Å². The van der Waals surface area contributed by atoms with Crippen LogP contribution in [0.25, 0.3) is 0 Å². The third-order valence-electron chi connectivity index (χ3n) is 13.3. The van der Waals surface area contributed by atoms with Gasteiger partial charge in [0.25, 0.3) is 0 Å². The van der Waals surface area contributed by atoms with Crippen molar-refractivity contribution in [3.63, 3.8) is 0 Å².